The van der Waals surface area contributed by atoms with Crippen molar-refractivity contribution in [1.29, 1.82) is 0 Å². The van der Waals surface area contributed by atoms with Crippen molar-refractivity contribution >= 4 is 28.4 Å². The fraction of sp³-hybridized carbons (Fsp3) is 0.333. The molecule has 4 atom stereocenters. The van der Waals surface area contributed by atoms with Crippen LogP contribution in [0.3, 0.4) is 0 Å². The van der Waals surface area contributed by atoms with E-state index in [0.717, 1.165) is 12.1 Å². The minimum absolute atomic E-state index is 0.00891. The second-order valence-electron chi connectivity index (χ2n) is 8.13. The van der Waals surface area contributed by atoms with Crippen molar-refractivity contribution in [1.82, 2.24) is 15.5 Å². The van der Waals surface area contributed by atoms with Gasteiger partial charge in [-0.15, -0.1) is 0 Å². The highest BCUT2D eigenvalue weighted by molar-refractivity contribution is 6.30. The summed E-state index contributed by atoms with van der Waals surface area (Å²) in [6.45, 7) is 0. The zero-order chi connectivity index (χ0) is 21.3. The number of rotatable bonds is 3. The average molecular weight is 436 g/mol. The van der Waals surface area contributed by atoms with Crippen LogP contribution in [0.1, 0.15) is 34.3 Å². The summed E-state index contributed by atoms with van der Waals surface area (Å²) in [5.74, 6) is -0.235. The maximum absolute atomic E-state index is 13.3. The third-order valence-corrected chi connectivity index (χ3v) is 6.49. The maximum Gasteiger partial charge on any atom is 0.416 e. The number of hydrogen-bond donors (Lipinski definition) is 3. The van der Waals surface area contributed by atoms with E-state index in [1.54, 1.807) is 24.3 Å². The van der Waals surface area contributed by atoms with E-state index in [-0.39, 0.29) is 47.7 Å². The first-order valence-corrected chi connectivity index (χ1v) is 9.87. The third kappa shape index (κ3) is 3.15. The van der Waals surface area contributed by atoms with Crippen molar-refractivity contribution in [2.45, 2.75) is 30.7 Å². The highest BCUT2D eigenvalue weighted by Gasteiger charge is 2.62. The van der Waals surface area contributed by atoms with E-state index in [2.05, 4.69) is 15.5 Å². The predicted octanol–water partition coefficient (Wildman–Crippen LogP) is 4.26. The molecule has 2 aromatic carbocycles. The molecule has 2 fully saturated rings. The Morgan fingerprint density at radius 1 is 1.23 bits per heavy atom. The summed E-state index contributed by atoms with van der Waals surface area (Å²) < 4.78 is 40.0. The molecule has 0 bridgehead atoms. The number of benzene rings is 2. The van der Waals surface area contributed by atoms with Crippen LogP contribution in [0.2, 0.25) is 5.02 Å². The van der Waals surface area contributed by atoms with Gasteiger partial charge in [0.25, 0.3) is 5.91 Å². The highest BCUT2D eigenvalue weighted by atomic mass is 35.5. The summed E-state index contributed by atoms with van der Waals surface area (Å²) in [5, 5.41) is 21.5. The SMILES string of the molecule is O=C(N[C@@H]1[C@@H]2C[C@@](O)(c3cc(C(F)(F)F)cc4[nH]ncc34)C[C@@H]21)c1cccc(Cl)c1. The fourth-order valence-corrected chi connectivity index (χ4v) is 4.95. The number of aliphatic hydroxyl groups is 1. The van der Waals surface area contributed by atoms with Gasteiger partial charge in [-0.1, -0.05) is 17.7 Å². The molecule has 0 aliphatic heterocycles. The van der Waals surface area contributed by atoms with E-state index in [4.69, 9.17) is 11.6 Å². The van der Waals surface area contributed by atoms with Gasteiger partial charge in [-0.05, 0) is 60.6 Å². The van der Waals surface area contributed by atoms with Gasteiger partial charge in [-0.2, -0.15) is 18.3 Å². The van der Waals surface area contributed by atoms with Crippen molar-refractivity contribution in [3.8, 4) is 0 Å². The minimum Gasteiger partial charge on any atom is -0.385 e. The molecule has 0 spiro atoms. The average Bonchev–Trinajstić information content (AvgIpc) is 3.04. The van der Waals surface area contributed by atoms with Crippen LogP contribution in [0.5, 0.6) is 0 Å². The van der Waals surface area contributed by atoms with Gasteiger partial charge in [-0.25, -0.2) is 0 Å². The zero-order valence-electron chi connectivity index (χ0n) is 15.5. The summed E-state index contributed by atoms with van der Waals surface area (Å²) in [4.78, 5) is 12.4. The van der Waals surface area contributed by atoms with Crippen LogP contribution < -0.4 is 5.32 Å². The van der Waals surface area contributed by atoms with Crippen LogP contribution in [-0.4, -0.2) is 27.3 Å². The third-order valence-electron chi connectivity index (χ3n) is 6.25. The first-order valence-electron chi connectivity index (χ1n) is 9.49. The van der Waals surface area contributed by atoms with Crippen molar-refractivity contribution in [3.63, 3.8) is 0 Å². The summed E-state index contributed by atoms with van der Waals surface area (Å²) in [6, 6.07) is 8.50. The molecule has 1 heterocycles. The highest BCUT2D eigenvalue weighted by Crippen LogP contribution is 2.60. The molecule has 2 saturated carbocycles. The van der Waals surface area contributed by atoms with Crippen molar-refractivity contribution in [2.75, 3.05) is 0 Å². The molecule has 5 rings (SSSR count). The molecule has 156 valence electrons. The number of carbonyl (C=O) groups excluding carboxylic acids is 1. The van der Waals surface area contributed by atoms with Crippen LogP contribution in [0, 0.1) is 11.8 Å². The maximum atomic E-state index is 13.3. The molecule has 1 aromatic heterocycles. The Bertz CT molecular complexity index is 1150. The first kappa shape index (κ1) is 19.4. The number of hydrogen-bond acceptors (Lipinski definition) is 3. The lowest BCUT2D eigenvalue weighted by atomic mass is 9.85. The van der Waals surface area contributed by atoms with Crippen molar-refractivity contribution in [3.05, 3.63) is 64.3 Å². The van der Waals surface area contributed by atoms with E-state index in [1.807, 2.05) is 0 Å². The predicted molar refractivity (Wildman–Crippen MR) is 104 cm³/mol. The quantitative estimate of drug-likeness (QED) is 0.575. The zero-order valence-corrected chi connectivity index (χ0v) is 16.3. The van der Waals surface area contributed by atoms with Gasteiger partial charge in [-0.3, -0.25) is 9.89 Å². The number of fused-ring (bicyclic) bond motifs is 2. The first-order chi connectivity index (χ1) is 14.2. The number of aromatic nitrogens is 2. The Kier molecular flexibility index (Phi) is 4.17. The second-order valence-corrected chi connectivity index (χ2v) is 8.57. The van der Waals surface area contributed by atoms with E-state index in [1.165, 1.54) is 6.20 Å². The lowest BCUT2D eigenvalue weighted by Gasteiger charge is -2.28. The molecule has 3 aromatic rings. The Balaban J connectivity index is 1.36. The molecular formula is C21H17ClF3N3O2. The summed E-state index contributed by atoms with van der Waals surface area (Å²) in [6.07, 6.45) is -2.54. The molecular weight excluding hydrogens is 419 g/mol. The topological polar surface area (TPSA) is 78.0 Å². The van der Waals surface area contributed by atoms with Gasteiger partial charge in [0.05, 0.1) is 22.9 Å². The minimum atomic E-state index is -4.53. The van der Waals surface area contributed by atoms with E-state index in [0.29, 0.717) is 16.0 Å². The second kappa shape index (κ2) is 6.46. The molecule has 3 N–H and O–H groups in total. The number of aromatic amines is 1. The van der Waals surface area contributed by atoms with Crippen molar-refractivity contribution < 1.29 is 23.1 Å². The molecule has 1 amide bonds. The number of carbonyl (C=O) groups is 1. The van der Waals surface area contributed by atoms with Crippen LogP contribution in [0.25, 0.3) is 10.9 Å². The summed E-state index contributed by atoms with van der Waals surface area (Å²) in [5.41, 5.74) is -1.31. The number of alkyl halides is 3. The Morgan fingerprint density at radius 2 is 1.97 bits per heavy atom. The van der Waals surface area contributed by atoms with Gasteiger partial charge in [0, 0.05) is 22.0 Å². The Labute approximate surface area is 174 Å². The lowest BCUT2D eigenvalue weighted by Crippen LogP contribution is -2.33. The number of halogens is 4. The Hall–Kier alpha value is -2.58. The number of nitrogens with zero attached hydrogens (tertiary/aromatic N) is 1. The molecule has 5 nitrogen and oxygen atoms in total. The van der Waals surface area contributed by atoms with Crippen LogP contribution in [0.4, 0.5) is 13.2 Å². The number of nitrogens with one attached hydrogen (secondary N) is 2. The van der Waals surface area contributed by atoms with E-state index in [9.17, 15) is 23.1 Å². The van der Waals surface area contributed by atoms with Crippen LogP contribution in [-0.2, 0) is 11.8 Å². The summed E-state index contributed by atoms with van der Waals surface area (Å²) >= 11 is 5.92. The molecule has 0 radical (unpaired) electrons. The standard InChI is InChI=1S/C21H17ClF3N3O2/c22-12-3-1-2-10(4-12)19(29)27-18-13-7-20(30,8-14(13)18)16-5-11(21(23,24)25)6-17-15(16)9-26-28-17/h1-6,9,13-14,18,30H,7-8H2,(H,26,28)(H,27,29)/t13-,14+,18-,20+. The van der Waals surface area contributed by atoms with Crippen LogP contribution >= 0.6 is 11.6 Å². The molecule has 2 aliphatic rings. The molecule has 0 saturated heterocycles. The Morgan fingerprint density at radius 3 is 2.63 bits per heavy atom. The lowest BCUT2D eigenvalue weighted by molar-refractivity contribution is -0.137. The van der Waals surface area contributed by atoms with Gasteiger partial charge in [0.15, 0.2) is 0 Å². The summed E-state index contributed by atoms with van der Waals surface area (Å²) in [7, 11) is 0. The van der Waals surface area contributed by atoms with E-state index >= 15 is 0 Å². The number of amides is 1. The smallest absolute Gasteiger partial charge is 0.385 e. The van der Waals surface area contributed by atoms with Gasteiger partial charge >= 0.3 is 6.18 Å². The molecule has 2 aliphatic carbocycles. The molecule has 9 heteroatoms. The van der Waals surface area contributed by atoms with E-state index < -0.39 is 17.3 Å². The van der Waals surface area contributed by atoms with Gasteiger partial charge < -0.3 is 10.4 Å². The van der Waals surface area contributed by atoms with Gasteiger partial charge in [0.2, 0.25) is 0 Å². The normalized spacial score (nSPS) is 27.8. The fourth-order valence-electron chi connectivity index (χ4n) is 4.76. The molecule has 0 unspecified atom stereocenters. The monoisotopic (exact) mass is 435 g/mol. The largest absolute Gasteiger partial charge is 0.416 e. The number of H-pyrrole nitrogens is 1. The van der Waals surface area contributed by atoms with Gasteiger partial charge in [0.1, 0.15) is 0 Å². The van der Waals surface area contributed by atoms with Crippen molar-refractivity contribution in [2.24, 2.45) is 11.8 Å². The molecule has 30 heavy (non-hydrogen) atoms. The van der Waals surface area contributed by atoms with Crippen LogP contribution in [0.15, 0.2) is 42.6 Å².